The lowest BCUT2D eigenvalue weighted by atomic mass is 10.2. The summed E-state index contributed by atoms with van der Waals surface area (Å²) < 4.78 is 5.24. The number of furan rings is 1. The number of amides is 3. The Bertz CT molecular complexity index is 548. The fraction of sp³-hybridized carbons (Fsp3) is 0.562. The van der Waals surface area contributed by atoms with Crippen LogP contribution in [0.15, 0.2) is 22.8 Å². The topological polar surface area (TPSA) is 74.1 Å². The Kier molecular flexibility index (Phi) is 5.78. The Balaban J connectivity index is 1.80. The minimum atomic E-state index is -0.0874. The summed E-state index contributed by atoms with van der Waals surface area (Å²) in [5.41, 5.74) is 0. The molecule has 1 aliphatic heterocycles. The lowest BCUT2D eigenvalue weighted by molar-refractivity contribution is -0.139. The summed E-state index contributed by atoms with van der Waals surface area (Å²) in [6.45, 7) is 6.01. The van der Waals surface area contributed by atoms with E-state index in [9.17, 15) is 14.4 Å². The summed E-state index contributed by atoms with van der Waals surface area (Å²) in [5, 5.41) is 0. The minimum Gasteiger partial charge on any atom is -0.467 e. The predicted molar refractivity (Wildman–Crippen MR) is 83.3 cm³/mol. The van der Waals surface area contributed by atoms with Gasteiger partial charge in [0.15, 0.2) is 0 Å². The van der Waals surface area contributed by atoms with E-state index in [-0.39, 0.29) is 24.1 Å². The summed E-state index contributed by atoms with van der Waals surface area (Å²) in [7, 11) is 0. The fourth-order valence-electron chi connectivity index (χ4n) is 2.60. The SMILES string of the molecule is CC(=O)N1CCN(C(=O)CCN(Cc2ccco2)C(C)=O)CC1. The van der Waals surface area contributed by atoms with Crippen LogP contribution in [0, 0.1) is 0 Å². The molecule has 0 N–H and O–H groups in total. The molecule has 0 aliphatic carbocycles. The second-order valence-corrected chi connectivity index (χ2v) is 5.66. The molecular weight excluding hydrogens is 298 g/mol. The first-order valence-corrected chi connectivity index (χ1v) is 7.78. The molecule has 0 atom stereocenters. The summed E-state index contributed by atoms with van der Waals surface area (Å²) in [6.07, 6.45) is 1.84. The molecule has 2 rings (SSSR count). The number of nitrogens with zero attached hydrogens (tertiary/aromatic N) is 3. The average Bonchev–Trinajstić information content (AvgIpc) is 3.04. The van der Waals surface area contributed by atoms with E-state index in [1.807, 2.05) is 0 Å². The van der Waals surface area contributed by atoms with Gasteiger partial charge in [-0.25, -0.2) is 0 Å². The van der Waals surface area contributed by atoms with Crippen molar-refractivity contribution < 1.29 is 18.8 Å². The lowest BCUT2D eigenvalue weighted by Gasteiger charge is -2.34. The molecule has 0 radical (unpaired) electrons. The Labute approximate surface area is 135 Å². The van der Waals surface area contributed by atoms with E-state index in [1.165, 1.54) is 13.8 Å². The smallest absolute Gasteiger partial charge is 0.224 e. The maximum Gasteiger partial charge on any atom is 0.224 e. The van der Waals surface area contributed by atoms with E-state index in [2.05, 4.69) is 0 Å². The molecule has 1 aromatic heterocycles. The van der Waals surface area contributed by atoms with Crippen LogP contribution in [0.4, 0.5) is 0 Å². The van der Waals surface area contributed by atoms with E-state index >= 15 is 0 Å². The summed E-state index contributed by atoms with van der Waals surface area (Å²) in [6, 6.07) is 3.58. The predicted octanol–water partition coefficient (Wildman–Crippen LogP) is 0.709. The first kappa shape index (κ1) is 17.1. The summed E-state index contributed by atoms with van der Waals surface area (Å²) in [5.74, 6) is 0.663. The molecule has 2 heterocycles. The number of hydrogen-bond acceptors (Lipinski definition) is 4. The number of hydrogen-bond donors (Lipinski definition) is 0. The zero-order valence-electron chi connectivity index (χ0n) is 13.7. The highest BCUT2D eigenvalue weighted by molar-refractivity contribution is 5.79. The van der Waals surface area contributed by atoms with E-state index in [4.69, 9.17) is 4.42 Å². The number of piperazine rings is 1. The van der Waals surface area contributed by atoms with Crippen molar-refractivity contribution >= 4 is 17.7 Å². The van der Waals surface area contributed by atoms with E-state index in [1.54, 1.807) is 33.1 Å². The van der Waals surface area contributed by atoms with Gasteiger partial charge in [0.25, 0.3) is 0 Å². The van der Waals surface area contributed by atoms with Gasteiger partial charge in [0.1, 0.15) is 5.76 Å². The van der Waals surface area contributed by atoms with Crippen LogP contribution < -0.4 is 0 Å². The van der Waals surface area contributed by atoms with Gasteiger partial charge in [-0.1, -0.05) is 0 Å². The first-order valence-electron chi connectivity index (χ1n) is 7.78. The van der Waals surface area contributed by atoms with Gasteiger partial charge in [-0.3, -0.25) is 14.4 Å². The molecule has 7 nitrogen and oxygen atoms in total. The maximum absolute atomic E-state index is 12.3. The molecule has 1 aromatic rings. The summed E-state index contributed by atoms with van der Waals surface area (Å²) in [4.78, 5) is 40.3. The van der Waals surface area contributed by atoms with E-state index in [0.717, 1.165) is 0 Å². The Morgan fingerprint density at radius 3 is 2.30 bits per heavy atom. The second-order valence-electron chi connectivity index (χ2n) is 5.66. The number of carbonyl (C=O) groups excluding carboxylic acids is 3. The van der Waals surface area contributed by atoms with Crippen molar-refractivity contribution in [3.05, 3.63) is 24.2 Å². The summed E-state index contributed by atoms with van der Waals surface area (Å²) >= 11 is 0. The van der Waals surface area contributed by atoms with Crippen molar-refractivity contribution in [1.82, 2.24) is 14.7 Å². The van der Waals surface area contributed by atoms with Gasteiger partial charge >= 0.3 is 0 Å². The second kappa shape index (κ2) is 7.80. The van der Waals surface area contributed by atoms with Crippen LogP contribution in [0.3, 0.4) is 0 Å². The van der Waals surface area contributed by atoms with Crippen LogP contribution in [0.5, 0.6) is 0 Å². The average molecular weight is 321 g/mol. The molecule has 1 fully saturated rings. The molecule has 126 valence electrons. The standard InChI is InChI=1S/C16H23N3O4/c1-13(20)17-7-9-18(10-8-17)16(22)5-6-19(14(2)21)12-15-4-3-11-23-15/h3-4,11H,5-10,12H2,1-2H3. The molecule has 1 saturated heterocycles. The van der Waals surface area contributed by atoms with Gasteiger partial charge < -0.3 is 19.1 Å². The third-order valence-electron chi connectivity index (χ3n) is 4.05. The highest BCUT2D eigenvalue weighted by atomic mass is 16.3. The molecule has 0 aromatic carbocycles. The zero-order valence-corrected chi connectivity index (χ0v) is 13.7. The van der Waals surface area contributed by atoms with Crippen LogP contribution >= 0.6 is 0 Å². The van der Waals surface area contributed by atoms with Crippen molar-refractivity contribution in [2.45, 2.75) is 26.8 Å². The van der Waals surface area contributed by atoms with Crippen LogP contribution in [-0.2, 0) is 20.9 Å². The van der Waals surface area contributed by atoms with Crippen molar-refractivity contribution in [3.8, 4) is 0 Å². The van der Waals surface area contributed by atoms with E-state index < -0.39 is 0 Å². The van der Waals surface area contributed by atoms with Crippen LogP contribution in [0.2, 0.25) is 0 Å². The van der Waals surface area contributed by atoms with Crippen molar-refractivity contribution in [2.24, 2.45) is 0 Å². The van der Waals surface area contributed by atoms with Gasteiger partial charge in [-0.15, -0.1) is 0 Å². The fourth-order valence-corrected chi connectivity index (χ4v) is 2.60. The van der Waals surface area contributed by atoms with Gasteiger partial charge in [0, 0.05) is 53.0 Å². The Morgan fingerprint density at radius 1 is 1.13 bits per heavy atom. The third kappa shape index (κ3) is 4.84. The monoisotopic (exact) mass is 321 g/mol. The van der Waals surface area contributed by atoms with Crippen molar-refractivity contribution in [1.29, 1.82) is 0 Å². The third-order valence-corrected chi connectivity index (χ3v) is 4.05. The molecule has 0 unspecified atom stereocenters. The number of rotatable bonds is 5. The van der Waals surface area contributed by atoms with Gasteiger partial charge in [0.05, 0.1) is 12.8 Å². The minimum absolute atomic E-state index is 0.0129. The molecule has 23 heavy (non-hydrogen) atoms. The molecule has 0 bridgehead atoms. The van der Waals surface area contributed by atoms with Crippen molar-refractivity contribution in [2.75, 3.05) is 32.7 Å². The highest BCUT2D eigenvalue weighted by Crippen LogP contribution is 2.09. The zero-order chi connectivity index (χ0) is 16.8. The molecular formula is C16H23N3O4. The van der Waals surface area contributed by atoms with Gasteiger partial charge in [0.2, 0.25) is 17.7 Å². The van der Waals surface area contributed by atoms with Crippen LogP contribution in [-0.4, -0.2) is 65.1 Å². The maximum atomic E-state index is 12.3. The molecule has 0 saturated carbocycles. The van der Waals surface area contributed by atoms with Crippen molar-refractivity contribution in [3.63, 3.8) is 0 Å². The molecule has 0 spiro atoms. The van der Waals surface area contributed by atoms with Gasteiger partial charge in [-0.05, 0) is 12.1 Å². The van der Waals surface area contributed by atoms with Crippen LogP contribution in [0.25, 0.3) is 0 Å². The molecule has 7 heteroatoms. The van der Waals surface area contributed by atoms with E-state index in [0.29, 0.717) is 45.0 Å². The van der Waals surface area contributed by atoms with Crippen LogP contribution in [0.1, 0.15) is 26.0 Å². The quantitative estimate of drug-likeness (QED) is 0.800. The first-order chi connectivity index (χ1) is 11.0. The largest absolute Gasteiger partial charge is 0.467 e. The van der Waals surface area contributed by atoms with Gasteiger partial charge in [-0.2, -0.15) is 0 Å². The normalized spacial score (nSPS) is 14.7. The Morgan fingerprint density at radius 2 is 1.78 bits per heavy atom. The Hall–Kier alpha value is -2.31. The molecule has 1 aliphatic rings. The lowest BCUT2D eigenvalue weighted by Crippen LogP contribution is -2.50. The highest BCUT2D eigenvalue weighted by Gasteiger charge is 2.23. The molecule has 3 amide bonds. The number of carbonyl (C=O) groups is 3.